The van der Waals surface area contributed by atoms with Crippen LogP contribution in [0.1, 0.15) is 12.0 Å². The molecule has 3 aromatic carbocycles. The number of halogens is 1. The van der Waals surface area contributed by atoms with Crippen LogP contribution in [-0.4, -0.2) is 40.8 Å². The van der Waals surface area contributed by atoms with Gasteiger partial charge >= 0.3 is 0 Å². The van der Waals surface area contributed by atoms with Crippen molar-refractivity contribution < 1.29 is 14.3 Å². The molecule has 1 aliphatic rings. The van der Waals surface area contributed by atoms with E-state index >= 15 is 0 Å². The van der Waals surface area contributed by atoms with Crippen LogP contribution in [-0.2, 0) is 16.0 Å². The molecule has 6 nitrogen and oxygen atoms in total. The molecule has 0 aromatic heterocycles. The molecule has 0 unspecified atom stereocenters. The molecule has 8 heteroatoms. The highest BCUT2D eigenvalue weighted by Gasteiger charge is 2.39. The van der Waals surface area contributed by atoms with E-state index in [1.807, 2.05) is 78.9 Å². The molecule has 0 bridgehead atoms. The second-order valence-corrected chi connectivity index (χ2v) is 9.77. The molecule has 0 aliphatic carbocycles. The molecule has 2 amide bonds. The van der Waals surface area contributed by atoms with Crippen LogP contribution in [0.5, 0.6) is 5.75 Å². The minimum Gasteiger partial charge on any atom is -0.497 e. The summed E-state index contributed by atoms with van der Waals surface area (Å²) in [6.07, 6.45) is 0.744. The fourth-order valence-electron chi connectivity index (χ4n) is 3.49. The fraction of sp³-hybridized carbons (Fsp3) is 0.192. The van der Waals surface area contributed by atoms with Crippen LogP contribution in [0.15, 0.2) is 88.3 Å². The van der Waals surface area contributed by atoms with Crippen LogP contribution in [0.2, 0.25) is 0 Å². The van der Waals surface area contributed by atoms with E-state index in [9.17, 15) is 9.59 Å². The number of methoxy groups -OCH3 is 1. The van der Waals surface area contributed by atoms with Gasteiger partial charge in [0.05, 0.1) is 12.8 Å². The van der Waals surface area contributed by atoms with Gasteiger partial charge in [0.2, 0.25) is 11.8 Å². The highest BCUT2D eigenvalue weighted by Crippen LogP contribution is 2.32. The van der Waals surface area contributed by atoms with Gasteiger partial charge < -0.3 is 10.1 Å². The highest BCUT2D eigenvalue weighted by molar-refractivity contribution is 9.10. The third kappa shape index (κ3) is 6.27. The van der Waals surface area contributed by atoms with Gasteiger partial charge in [-0.25, -0.2) is 4.99 Å². The van der Waals surface area contributed by atoms with Crippen LogP contribution in [0, 0.1) is 0 Å². The second kappa shape index (κ2) is 11.4. The van der Waals surface area contributed by atoms with Gasteiger partial charge in [0, 0.05) is 23.1 Å². The molecular formula is C26H24BrN3O3S. The average molecular weight is 538 g/mol. The van der Waals surface area contributed by atoms with Crippen molar-refractivity contribution in [3.05, 3.63) is 88.9 Å². The molecule has 0 spiro atoms. The monoisotopic (exact) mass is 537 g/mol. The second-order valence-electron chi connectivity index (χ2n) is 7.68. The minimum atomic E-state index is -0.520. The number of aliphatic imine (C=N–C) groups is 1. The number of amides is 2. The van der Waals surface area contributed by atoms with Crippen LogP contribution >= 0.6 is 27.7 Å². The van der Waals surface area contributed by atoms with E-state index in [0.29, 0.717) is 23.8 Å². The Bertz CT molecular complexity index is 1170. The summed E-state index contributed by atoms with van der Waals surface area (Å²) in [7, 11) is 1.63. The molecule has 1 aliphatic heterocycles. The number of hydrogen-bond acceptors (Lipinski definition) is 5. The summed E-state index contributed by atoms with van der Waals surface area (Å²) in [4.78, 5) is 32.3. The van der Waals surface area contributed by atoms with Gasteiger partial charge in [-0.15, -0.1) is 0 Å². The van der Waals surface area contributed by atoms with Crippen molar-refractivity contribution in [2.75, 3.05) is 19.0 Å². The molecule has 1 N–H and O–H groups in total. The Morgan fingerprint density at radius 2 is 1.76 bits per heavy atom. The molecule has 1 fully saturated rings. The van der Waals surface area contributed by atoms with Crippen molar-refractivity contribution in [3.63, 3.8) is 0 Å². The minimum absolute atomic E-state index is 0.0758. The van der Waals surface area contributed by atoms with Gasteiger partial charge in [-0.2, -0.15) is 0 Å². The van der Waals surface area contributed by atoms with E-state index in [2.05, 4.69) is 21.2 Å². The van der Waals surface area contributed by atoms with E-state index < -0.39 is 5.25 Å². The SMILES string of the molecule is COc1ccc(CCN2C(=O)[C@H](CC(=O)Nc3ccc(Br)cc3)SC2=Nc2ccccc2)cc1. The number of anilines is 1. The average Bonchev–Trinajstić information content (AvgIpc) is 3.13. The van der Waals surface area contributed by atoms with Crippen molar-refractivity contribution in [2.24, 2.45) is 4.99 Å². The van der Waals surface area contributed by atoms with Crippen LogP contribution in [0.3, 0.4) is 0 Å². The first-order valence-electron chi connectivity index (χ1n) is 10.8. The molecule has 174 valence electrons. The standard InChI is InChI=1S/C26H24BrN3O3S/c1-33-22-13-7-18(8-14-22)15-16-30-25(32)23(34-26(30)29-20-5-3-2-4-6-20)17-24(31)28-21-11-9-19(27)10-12-21/h2-14,23H,15-17H2,1H3,(H,28,31)/t23-/m0/s1. The maximum absolute atomic E-state index is 13.3. The first kappa shape index (κ1) is 24.0. The quantitative estimate of drug-likeness (QED) is 0.402. The van der Waals surface area contributed by atoms with Gasteiger partial charge in [0.25, 0.3) is 0 Å². The smallest absolute Gasteiger partial charge is 0.242 e. The zero-order valence-corrected chi connectivity index (χ0v) is 21.0. The van der Waals surface area contributed by atoms with Gasteiger partial charge in [-0.05, 0) is 60.5 Å². The molecule has 1 saturated heterocycles. The first-order valence-corrected chi connectivity index (χ1v) is 12.5. The van der Waals surface area contributed by atoms with Gasteiger partial charge in [0.1, 0.15) is 11.0 Å². The lowest BCUT2D eigenvalue weighted by Crippen LogP contribution is -2.35. The lowest BCUT2D eigenvalue weighted by atomic mass is 10.1. The van der Waals surface area contributed by atoms with E-state index in [1.165, 1.54) is 11.8 Å². The number of nitrogens with zero attached hydrogens (tertiary/aromatic N) is 2. The van der Waals surface area contributed by atoms with E-state index in [-0.39, 0.29) is 18.2 Å². The Morgan fingerprint density at radius 1 is 1.06 bits per heavy atom. The lowest BCUT2D eigenvalue weighted by molar-refractivity contribution is -0.128. The fourth-order valence-corrected chi connectivity index (χ4v) is 4.94. The van der Waals surface area contributed by atoms with Crippen molar-refractivity contribution >= 4 is 56.0 Å². The molecule has 0 radical (unpaired) electrons. The van der Waals surface area contributed by atoms with Crippen molar-refractivity contribution in [3.8, 4) is 5.75 Å². The highest BCUT2D eigenvalue weighted by atomic mass is 79.9. The first-order chi connectivity index (χ1) is 16.5. The molecular weight excluding hydrogens is 514 g/mol. The summed E-state index contributed by atoms with van der Waals surface area (Å²) in [5.74, 6) is 0.489. The van der Waals surface area contributed by atoms with Gasteiger partial charge in [0.15, 0.2) is 5.17 Å². The zero-order valence-electron chi connectivity index (χ0n) is 18.6. The predicted octanol–water partition coefficient (Wildman–Crippen LogP) is 5.66. The Morgan fingerprint density at radius 3 is 2.44 bits per heavy atom. The number of nitrogens with one attached hydrogen (secondary N) is 1. The Labute approximate surface area is 211 Å². The van der Waals surface area contributed by atoms with E-state index in [0.717, 1.165) is 21.5 Å². The summed E-state index contributed by atoms with van der Waals surface area (Å²) >= 11 is 4.73. The lowest BCUT2D eigenvalue weighted by Gasteiger charge is -2.16. The van der Waals surface area contributed by atoms with E-state index in [4.69, 9.17) is 9.73 Å². The molecule has 4 rings (SSSR count). The molecule has 3 aromatic rings. The topological polar surface area (TPSA) is 71.0 Å². The molecule has 1 atom stereocenters. The predicted molar refractivity (Wildman–Crippen MR) is 141 cm³/mol. The third-order valence-electron chi connectivity index (χ3n) is 5.28. The number of amidine groups is 1. The normalized spacial score (nSPS) is 16.6. The van der Waals surface area contributed by atoms with Crippen LogP contribution < -0.4 is 10.1 Å². The summed E-state index contributed by atoms with van der Waals surface area (Å²) in [5, 5.41) is 2.97. The number of para-hydroxylation sites is 1. The summed E-state index contributed by atoms with van der Waals surface area (Å²) in [6.45, 7) is 0.481. The third-order valence-corrected chi connectivity index (χ3v) is 6.99. The number of benzene rings is 3. The Kier molecular flexibility index (Phi) is 8.03. The van der Waals surface area contributed by atoms with Crippen molar-refractivity contribution in [1.29, 1.82) is 0 Å². The molecule has 1 heterocycles. The maximum Gasteiger partial charge on any atom is 0.242 e. The molecule has 0 saturated carbocycles. The number of ether oxygens (including phenoxy) is 1. The summed E-state index contributed by atoms with van der Waals surface area (Å²) < 4.78 is 6.15. The van der Waals surface area contributed by atoms with Gasteiger partial charge in [-0.1, -0.05) is 58.0 Å². The zero-order chi connectivity index (χ0) is 23.9. The number of thioether (sulfide) groups is 1. The van der Waals surface area contributed by atoms with Crippen LogP contribution in [0.25, 0.3) is 0 Å². The Balaban J connectivity index is 1.47. The number of rotatable bonds is 8. The largest absolute Gasteiger partial charge is 0.497 e. The van der Waals surface area contributed by atoms with Crippen molar-refractivity contribution in [1.82, 2.24) is 4.90 Å². The van der Waals surface area contributed by atoms with Crippen molar-refractivity contribution in [2.45, 2.75) is 18.1 Å². The number of hydrogen-bond donors (Lipinski definition) is 1. The summed E-state index contributed by atoms with van der Waals surface area (Å²) in [5.41, 5.74) is 2.56. The molecule has 34 heavy (non-hydrogen) atoms. The van der Waals surface area contributed by atoms with E-state index in [1.54, 1.807) is 12.0 Å². The maximum atomic E-state index is 13.3. The van der Waals surface area contributed by atoms with Gasteiger partial charge in [-0.3, -0.25) is 14.5 Å². The number of carbonyl (C=O) groups excluding carboxylic acids is 2. The summed E-state index contributed by atoms with van der Waals surface area (Å²) in [6, 6.07) is 24.7. The Hall–Kier alpha value is -3.10. The van der Waals surface area contributed by atoms with Crippen LogP contribution in [0.4, 0.5) is 11.4 Å². The number of carbonyl (C=O) groups is 2.